The highest BCUT2D eigenvalue weighted by Gasteiger charge is 2.23. The van der Waals surface area contributed by atoms with E-state index in [9.17, 15) is 4.79 Å². The van der Waals surface area contributed by atoms with E-state index in [1.54, 1.807) is 18.2 Å². The molecule has 0 heterocycles. The van der Waals surface area contributed by atoms with Gasteiger partial charge in [-0.05, 0) is 59.3 Å². The first-order valence-electron chi connectivity index (χ1n) is 5.82. The Balaban J connectivity index is 2.02. The largest absolute Gasteiger partial charge is 0.349 e. The van der Waals surface area contributed by atoms with Crippen LogP contribution < -0.4 is 5.32 Å². The third-order valence-corrected chi connectivity index (χ3v) is 4.44. The lowest BCUT2D eigenvalue weighted by molar-refractivity contribution is 0.0937. The van der Waals surface area contributed by atoms with Gasteiger partial charge in [0.25, 0.3) is 5.91 Å². The molecule has 2 rings (SSSR count). The number of hydrogen-bond donors (Lipinski definition) is 1. The molecule has 1 fully saturated rings. The molecule has 2 atom stereocenters. The maximum absolute atomic E-state index is 12.0. The summed E-state index contributed by atoms with van der Waals surface area (Å²) in [5, 5.41) is 3.63. The van der Waals surface area contributed by atoms with Crippen LogP contribution in [0, 0.1) is 5.92 Å². The highest BCUT2D eigenvalue weighted by atomic mass is 79.9. The van der Waals surface area contributed by atoms with Crippen LogP contribution in [0.4, 0.5) is 0 Å². The van der Waals surface area contributed by atoms with Crippen molar-refractivity contribution < 1.29 is 4.79 Å². The van der Waals surface area contributed by atoms with Crippen molar-refractivity contribution in [3.8, 4) is 0 Å². The second kappa shape index (κ2) is 5.40. The molecule has 1 aromatic carbocycles. The average Bonchev–Trinajstić information content (AvgIpc) is 2.68. The predicted octanol–water partition coefficient (Wildman–Crippen LogP) is 4.02. The molecule has 92 valence electrons. The number of nitrogens with one attached hydrogen (secondary N) is 1. The van der Waals surface area contributed by atoms with Crippen molar-refractivity contribution in [2.75, 3.05) is 0 Å². The molecule has 0 bridgehead atoms. The first-order valence-corrected chi connectivity index (χ1v) is 6.99. The van der Waals surface area contributed by atoms with Gasteiger partial charge in [-0.15, -0.1) is 0 Å². The zero-order chi connectivity index (χ0) is 12.4. The Labute approximate surface area is 115 Å². The van der Waals surface area contributed by atoms with Gasteiger partial charge in [-0.1, -0.05) is 18.5 Å². The Morgan fingerprint density at radius 2 is 2.24 bits per heavy atom. The monoisotopic (exact) mass is 315 g/mol. The smallest absolute Gasteiger partial charge is 0.251 e. The van der Waals surface area contributed by atoms with Crippen LogP contribution in [0.1, 0.15) is 36.5 Å². The molecule has 0 radical (unpaired) electrons. The van der Waals surface area contributed by atoms with Crippen molar-refractivity contribution in [2.45, 2.75) is 32.2 Å². The lowest BCUT2D eigenvalue weighted by atomic mass is 10.1. The third-order valence-electron chi connectivity index (χ3n) is 3.21. The number of hydrogen-bond acceptors (Lipinski definition) is 1. The fourth-order valence-electron chi connectivity index (χ4n) is 2.24. The van der Waals surface area contributed by atoms with Gasteiger partial charge >= 0.3 is 0 Å². The Hall–Kier alpha value is -0.540. The van der Waals surface area contributed by atoms with Crippen molar-refractivity contribution in [3.63, 3.8) is 0 Å². The Morgan fingerprint density at radius 1 is 1.47 bits per heavy atom. The second-order valence-electron chi connectivity index (χ2n) is 4.72. The van der Waals surface area contributed by atoms with Gasteiger partial charge in [0.15, 0.2) is 0 Å². The summed E-state index contributed by atoms with van der Waals surface area (Å²) in [6, 6.07) is 5.59. The minimum atomic E-state index is -0.0292. The Morgan fingerprint density at radius 3 is 2.82 bits per heavy atom. The van der Waals surface area contributed by atoms with Crippen LogP contribution in [-0.4, -0.2) is 11.9 Å². The lowest BCUT2D eigenvalue weighted by Crippen LogP contribution is -2.32. The van der Waals surface area contributed by atoms with Gasteiger partial charge in [-0.2, -0.15) is 0 Å². The lowest BCUT2D eigenvalue weighted by Gasteiger charge is -2.12. The molecule has 1 aliphatic carbocycles. The van der Waals surface area contributed by atoms with E-state index in [2.05, 4.69) is 28.2 Å². The van der Waals surface area contributed by atoms with E-state index in [4.69, 9.17) is 11.6 Å². The summed E-state index contributed by atoms with van der Waals surface area (Å²) >= 11 is 9.28. The molecule has 1 saturated carbocycles. The van der Waals surface area contributed by atoms with Crippen LogP contribution >= 0.6 is 27.5 Å². The summed E-state index contributed by atoms with van der Waals surface area (Å²) < 4.78 is 0.810. The van der Waals surface area contributed by atoms with Gasteiger partial charge in [0, 0.05) is 16.1 Å². The molecule has 4 heteroatoms. The van der Waals surface area contributed by atoms with Crippen molar-refractivity contribution in [1.82, 2.24) is 5.32 Å². The van der Waals surface area contributed by atoms with Crippen LogP contribution in [0.3, 0.4) is 0 Å². The Bertz CT molecular complexity index is 435. The normalized spacial score (nSPS) is 23.7. The number of halogens is 2. The summed E-state index contributed by atoms with van der Waals surface area (Å²) in [7, 11) is 0. The van der Waals surface area contributed by atoms with Gasteiger partial charge in [-0.25, -0.2) is 0 Å². The SMILES string of the molecule is CC1CCC(NC(=O)c2ccc(Br)c(Cl)c2)C1. The minimum Gasteiger partial charge on any atom is -0.349 e. The highest BCUT2D eigenvalue weighted by Crippen LogP contribution is 2.26. The molecule has 0 aliphatic heterocycles. The summed E-state index contributed by atoms with van der Waals surface area (Å²) in [5.74, 6) is 0.687. The van der Waals surface area contributed by atoms with Crippen LogP contribution in [0.15, 0.2) is 22.7 Å². The van der Waals surface area contributed by atoms with Crippen LogP contribution in [0.2, 0.25) is 5.02 Å². The quantitative estimate of drug-likeness (QED) is 0.877. The first-order chi connectivity index (χ1) is 8.06. The third kappa shape index (κ3) is 3.23. The fourth-order valence-corrected chi connectivity index (χ4v) is 2.67. The van der Waals surface area contributed by atoms with E-state index in [1.165, 1.54) is 6.42 Å². The summed E-state index contributed by atoms with van der Waals surface area (Å²) in [5.41, 5.74) is 0.623. The molecular weight excluding hydrogens is 302 g/mol. The van der Waals surface area contributed by atoms with Crippen molar-refractivity contribution in [1.29, 1.82) is 0 Å². The Kier molecular flexibility index (Phi) is 4.10. The maximum Gasteiger partial charge on any atom is 0.251 e. The van der Waals surface area contributed by atoms with Crippen LogP contribution in [-0.2, 0) is 0 Å². The maximum atomic E-state index is 12.0. The van der Waals surface area contributed by atoms with Gasteiger partial charge < -0.3 is 5.32 Å². The second-order valence-corrected chi connectivity index (χ2v) is 5.98. The van der Waals surface area contributed by atoms with Crippen molar-refractivity contribution in [2.24, 2.45) is 5.92 Å². The molecule has 1 aliphatic rings. The van der Waals surface area contributed by atoms with Gasteiger partial charge in [0.05, 0.1) is 5.02 Å². The molecule has 0 spiro atoms. The molecule has 0 saturated heterocycles. The molecule has 1 aromatic rings. The number of carbonyl (C=O) groups excluding carboxylic acids is 1. The molecule has 0 aromatic heterocycles. The van der Waals surface area contributed by atoms with Gasteiger partial charge in [0.1, 0.15) is 0 Å². The van der Waals surface area contributed by atoms with Gasteiger partial charge in [0.2, 0.25) is 0 Å². The molecule has 17 heavy (non-hydrogen) atoms. The van der Waals surface area contributed by atoms with Crippen molar-refractivity contribution in [3.05, 3.63) is 33.3 Å². The zero-order valence-electron chi connectivity index (χ0n) is 9.67. The van der Waals surface area contributed by atoms with Crippen LogP contribution in [0.5, 0.6) is 0 Å². The van der Waals surface area contributed by atoms with Crippen LogP contribution in [0.25, 0.3) is 0 Å². The number of rotatable bonds is 2. The van der Waals surface area contributed by atoms with E-state index >= 15 is 0 Å². The predicted molar refractivity (Wildman–Crippen MR) is 73.4 cm³/mol. The summed E-state index contributed by atoms with van der Waals surface area (Å²) in [6.45, 7) is 2.22. The summed E-state index contributed by atoms with van der Waals surface area (Å²) in [6.07, 6.45) is 3.36. The zero-order valence-corrected chi connectivity index (χ0v) is 12.0. The fraction of sp³-hybridized carbons (Fsp3) is 0.462. The van der Waals surface area contributed by atoms with Gasteiger partial charge in [-0.3, -0.25) is 4.79 Å². The summed E-state index contributed by atoms with van der Waals surface area (Å²) in [4.78, 5) is 12.0. The van der Waals surface area contributed by atoms with E-state index in [1.807, 2.05) is 0 Å². The standard InChI is InChI=1S/C13H15BrClNO/c1-8-2-4-10(6-8)16-13(17)9-3-5-11(14)12(15)7-9/h3,5,7-8,10H,2,4,6H2,1H3,(H,16,17). The average molecular weight is 317 g/mol. The van der Waals surface area contributed by atoms with E-state index in [0.29, 0.717) is 22.5 Å². The minimum absolute atomic E-state index is 0.0292. The number of carbonyl (C=O) groups is 1. The molecule has 2 nitrogen and oxygen atoms in total. The highest BCUT2D eigenvalue weighted by molar-refractivity contribution is 9.10. The molecule has 2 unspecified atom stereocenters. The molecular formula is C13H15BrClNO. The van der Waals surface area contributed by atoms with E-state index in [0.717, 1.165) is 17.3 Å². The topological polar surface area (TPSA) is 29.1 Å². The van der Waals surface area contributed by atoms with Crippen molar-refractivity contribution >= 4 is 33.4 Å². The van der Waals surface area contributed by atoms with E-state index in [-0.39, 0.29) is 5.91 Å². The molecule has 1 N–H and O–H groups in total. The number of benzene rings is 1. The number of amides is 1. The first kappa shape index (κ1) is 12.9. The molecule has 1 amide bonds. The van der Waals surface area contributed by atoms with E-state index < -0.39 is 0 Å².